The number of hydrogen-bond donors (Lipinski definition) is 1. The number of hydrogen-bond acceptors (Lipinski definition) is 6. The second-order valence-electron chi connectivity index (χ2n) is 10.2. The molecule has 0 aliphatic rings. The zero-order chi connectivity index (χ0) is 28.0. The van der Waals surface area contributed by atoms with Gasteiger partial charge in [0, 0.05) is 21.8 Å². The highest BCUT2D eigenvalue weighted by molar-refractivity contribution is 7.99. The van der Waals surface area contributed by atoms with Crippen molar-refractivity contribution < 1.29 is 14.1 Å². The van der Waals surface area contributed by atoms with E-state index in [4.69, 9.17) is 9.72 Å². The largest absolute Gasteiger partial charge is 0.497 e. The van der Waals surface area contributed by atoms with Crippen molar-refractivity contribution in [3.05, 3.63) is 96.1 Å². The Bertz CT molecular complexity index is 1470. The summed E-state index contributed by atoms with van der Waals surface area (Å²) in [4.78, 5) is 5.50. The number of thioether (sulfide) groups is 1. The number of rotatable bonds is 9. The maximum Gasteiger partial charge on any atom is 0.118 e. The molecule has 0 saturated carbocycles. The van der Waals surface area contributed by atoms with Gasteiger partial charge in [0.2, 0.25) is 0 Å². The van der Waals surface area contributed by atoms with Crippen molar-refractivity contribution in [3.8, 4) is 34.2 Å². The smallest absolute Gasteiger partial charge is 0.118 e. The monoisotopic (exact) mass is 556 g/mol. The third-order valence-corrected chi connectivity index (χ3v) is 8.91. The molecule has 39 heavy (non-hydrogen) atoms. The van der Waals surface area contributed by atoms with Gasteiger partial charge < -0.3 is 9.84 Å². The van der Waals surface area contributed by atoms with Gasteiger partial charge in [0.1, 0.15) is 16.8 Å². The van der Waals surface area contributed by atoms with Crippen LogP contribution in [-0.4, -0.2) is 39.0 Å². The van der Waals surface area contributed by atoms with Crippen LogP contribution in [0.3, 0.4) is 0 Å². The summed E-state index contributed by atoms with van der Waals surface area (Å²) in [6.07, 6.45) is -0.837. The molecular formula is C32H32N2O3S2. The minimum Gasteiger partial charge on any atom is -0.497 e. The van der Waals surface area contributed by atoms with Gasteiger partial charge in [-0.05, 0) is 59.0 Å². The first-order chi connectivity index (χ1) is 18.7. The van der Waals surface area contributed by atoms with E-state index in [0.717, 1.165) is 28.1 Å². The minimum absolute atomic E-state index is 0.0145. The van der Waals surface area contributed by atoms with Crippen LogP contribution in [0, 0.1) is 11.3 Å². The van der Waals surface area contributed by atoms with Crippen molar-refractivity contribution >= 4 is 22.6 Å². The summed E-state index contributed by atoms with van der Waals surface area (Å²) >= 11 is 1.31. The van der Waals surface area contributed by atoms with Gasteiger partial charge in [-0.3, -0.25) is 4.21 Å². The molecule has 0 amide bonds. The van der Waals surface area contributed by atoms with Crippen molar-refractivity contribution in [2.45, 2.75) is 42.2 Å². The average Bonchev–Trinajstić information content (AvgIpc) is 2.95. The van der Waals surface area contributed by atoms with Crippen LogP contribution in [0.5, 0.6) is 5.75 Å². The molecule has 200 valence electrons. The van der Waals surface area contributed by atoms with Crippen LogP contribution in [-0.2, 0) is 16.2 Å². The Morgan fingerprint density at radius 2 is 1.67 bits per heavy atom. The van der Waals surface area contributed by atoms with E-state index in [-0.39, 0.29) is 16.9 Å². The fourth-order valence-corrected chi connectivity index (χ4v) is 6.27. The van der Waals surface area contributed by atoms with Crippen LogP contribution in [0.25, 0.3) is 22.4 Å². The van der Waals surface area contributed by atoms with E-state index in [1.807, 2.05) is 84.9 Å². The standard InChI is InChI=1S/C32H32N2O3S2/c1-32(2,3)24-12-16-27(17-13-24)39(36)21-25(35)20-38-31-29(19-33)28(22-8-6-5-7-9-22)18-30(34-31)23-10-14-26(37-4)15-11-23/h5-18,25,35H,20-21H2,1-4H3/t25-,39+/m1/s1. The van der Waals surface area contributed by atoms with E-state index in [9.17, 15) is 14.6 Å². The highest BCUT2D eigenvalue weighted by atomic mass is 32.2. The van der Waals surface area contributed by atoms with Crippen molar-refractivity contribution in [2.75, 3.05) is 18.6 Å². The number of aromatic nitrogens is 1. The van der Waals surface area contributed by atoms with Crippen molar-refractivity contribution in [1.82, 2.24) is 4.98 Å². The molecule has 3 aromatic carbocycles. The fourth-order valence-electron chi connectivity index (χ4n) is 4.09. The van der Waals surface area contributed by atoms with Crippen LogP contribution in [0.2, 0.25) is 0 Å². The number of pyridine rings is 1. The van der Waals surface area contributed by atoms with Gasteiger partial charge in [0.15, 0.2) is 0 Å². The molecule has 0 aliphatic carbocycles. The third kappa shape index (κ3) is 7.15. The Morgan fingerprint density at radius 1 is 1.00 bits per heavy atom. The summed E-state index contributed by atoms with van der Waals surface area (Å²) in [5.74, 6) is 1.11. The molecule has 0 aliphatic heterocycles. The van der Waals surface area contributed by atoms with Gasteiger partial charge in [0.25, 0.3) is 0 Å². The van der Waals surface area contributed by atoms with Gasteiger partial charge in [0.05, 0.1) is 41.0 Å². The van der Waals surface area contributed by atoms with Gasteiger partial charge in [-0.2, -0.15) is 5.26 Å². The molecule has 1 aromatic heterocycles. The van der Waals surface area contributed by atoms with Crippen LogP contribution in [0.4, 0.5) is 0 Å². The summed E-state index contributed by atoms with van der Waals surface area (Å²) in [6.45, 7) is 6.41. The van der Waals surface area contributed by atoms with Crippen LogP contribution >= 0.6 is 11.8 Å². The molecule has 2 atom stereocenters. The molecular weight excluding hydrogens is 524 g/mol. The molecule has 0 spiro atoms. The number of nitrogens with zero attached hydrogens (tertiary/aromatic N) is 2. The quantitative estimate of drug-likeness (QED) is 0.227. The zero-order valence-electron chi connectivity index (χ0n) is 22.5. The second-order valence-corrected chi connectivity index (χ2v) is 12.7. The van der Waals surface area contributed by atoms with Crippen LogP contribution in [0.1, 0.15) is 31.9 Å². The Kier molecular flexibility index (Phi) is 9.24. The molecule has 0 fully saturated rings. The summed E-state index contributed by atoms with van der Waals surface area (Å²) in [5.41, 5.74) is 4.93. The maximum atomic E-state index is 12.9. The van der Waals surface area contributed by atoms with E-state index < -0.39 is 16.9 Å². The lowest BCUT2D eigenvalue weighted by atomic mass is 9.87. The molecule has 5 nitrogen and oxygen atoms in total. The van der Waals surface area contributed by atoms with E-state index in [2.05, 4.69) is 26.8 Å². The predicted octanol–water partition coefficient (Wildman–Crippen LogP) is 6.85. The number of ether oxygens (including phenoxy) is 1. The Morgan fingerprint density at radius 3 is 2.26 bits per heavy atom. The molecule has 4 rings (SSSR count). The lowest BCUT2D eigenvalue weighted by Gasteiger charge is -2.19. The Balaban J connectivity index is 1.57. The molecule has 1 heterocycles. The molecule has 0 bridgehead atoms. The summed E-state index contributed by atoms with van der Waals surface area (Å²) in [7, 11) is 0.276. The SMILES string of the molecule is COc1ccc(-c2cc(-c3ccccc3)c(C#N)c(SC[C@@H](O)C[S@](=O)c3ccc(C(C)(C)C)cc3)n2)cc1. The number of benzene rings is 3. The summed E-state index contributed by atoms with van der Waals surface area (Å²) < 4.78 is 18.2. The van der Waals surface area contributed by atoms with Crippen molar-refractivity contribution in [1.29, 1.82) is 5.26 Å². The Labute approximate surface area is 237 Å². The van der Waals surface area contributed by atoms with Crippen LogP contribution in [0.15, 0.2) is 94.9 Å². The summed E-state index contributed by atoms with van der Waals surface area (Å²) in [6, 6.07) is 29.3. The molecule has 0 saturated heterocycles. The van der Waals surface area contributed by atoms with E-state index in [1.165, 1.54) is 17.3 Å². The van der Waals surface area contributed by atoms with Crippen molar-refractivity contribution in [2.24, 2.45) is 0 Å². The molecule has 0 unspecified atom stereocenters. The minimum atomic E-state index is -1.35. The number of nitriles is 1. The lowest BCUT2D eigenvalue weighted by Crippen LogP contribution is -2.20. The second kappa shape index (κ2) is 12.6. The molecule has 1 N–H and O–H groups in total. The normalized spacial score (nSPS) is 12.9. The first kappa shape index (κ1) is 28.6. The van der Waals surface area contributed by atoms with Crippen LogP contribution < -0.4 is 4.74 Å². The molecule has 0 radical (unpaired) electrons. The maximum absolute atomic E-state index is 12.9. The van der Waals surface area contributed by atoms with Gasteiger partial charge in [-0.15, -0.1) is 11.8 Å². The van der Waals surface area contributed by atoms with Gasteiger partial charge in [-0.25, -0.2) is 4.98 Å². The fraction of sp³-hybridized carbons (Fsp3) is 0.250. The predicted molar refractivity (Wildman–Crippen MR) is 160 cm³/mol. The third-order valence-electron chi connectivity index (χ3n) is 6.31. The average molecular weight is 557 g/mol. The van der Waals surface area contributed by atoms with E-state index >= 15 is 0 Å². The number of aliphatic hydroxyl groups is 1. The molecule has 4 aromatic rings. The molecule has 7 heteroatoms. The van der Waals surface area contributed by atoms with Crippen molar-refractivity contribution in [3.63, 3.8) is 0 Å². The number of aliphatic hydroxyl groups excluding tert-OH is 1. The van der Waals surface area contributed by atoms with Gasteiger partial charge in [-0.1, -0.05) is 63.2 Å². The van der Waals surface area contributed by atoms with Gasteiger partial charge >= 0.3 is 0 Å². The lowest BCUT2D eigenvalue weighted by molar-refractivity contribution is 0.224. The highest BCUT2D eigenvalue weighted by Gasteiger charge is 2.19. The zero-order valence-corrected chi connectivity index (χ0v) is 24.2. The first-order valence-electron chi connectivity index (χ1n) is 12.6. The van der Waals surface area contributed by atoms with E-state index in [0.29, 0.717) is 15.5 Å². The summed E-state index contributed by atoms with van der Waals surface area (Å²) in [5, 5.41) is 21.4. The van der Waals surface area contributed by atoms with E-state index in [1.54, 1.807) is 7.11 Å². The first-order valence-corrected chi connectivity index (χ1v) is 14.9. The Hall–Kier alpha value is -3.44. The highest BCUT2D eigenvalue weighted by Crippen LogP contribution is 2.35. The number of methoxy groups -OCH3 is 1. The topological polar surface area (TPSA) is 83.2 Å².